The molecule has 0 saturated carbocycles. The van der Waals surface area contributed by atoms with Crippen molar-refractivity contribution < 1.29 is 71.3 Å². The topological polar surface area (TPSA) is 194 Å². The average Bonchev–Trinajstić information content (AvgIpc) is 3.36. The zero-order valence-corrected chi connectivity index (χ0v) is 44.7. The quantitative estimate of drug-likeness (QED) is 0.0256. The maximum Gasteiger partial charge on any atom is 0.320 e. The van der Waals surface area contributed by atoms with Crippen molar-refractivity contribution in [1.29, 1.82) is 0 Å². The number of carbonyl (C=O) groups is 4. The number of esters is 4. The van der Waals surface area contributed by atoms with Crippen LogP contribution in [0.5, 0.6) is 0 Å². The predicted molar refractivity (Wildman–Crippen MR) is 276 cm³/mol. The number of hydrogen-bond acceptors (Lipinski definition) is 17. The summed E-state index contributed by atoms with van der Waals surface area (Å²) in [6.45, 7) is 11.7. The molecule has 2 N–H and O–H groups in total. The van der Waals surface area contributed by atoms with Crippen LogP contribution in [-0.2, 0) is 71.3 Å². The molecule has 0 fully saturated rings. The Morgan fingerprint density at radius 2 is 0.817 bits per heavy atom. The molecule has 0 rings (SSSR count). The third kappa shape index (κ3) is 56.2. The summed E-state index contributed by atoms with van der Waals surface area (Å²) in [4.78, 5) is 47.5. The molecule has 0 aromatic carbocycles. The molecule has 1 unspecified atom stereocenters. The molecular weight excluding hydrogens is 917 g/mol. The molecule has 416 valence electrons. The molecule has 0 aliphatic carbocycles. The molecule has 0 aromatic heterocycles. The van der Waals surface area contributed by atoms with E-state index in [9.17, 15) is 19.2 Å². The van der Waals surface area contributed by atoms with Crippen molar-refractivity contribution in [1.82, 2.24) is 10.6 Å². The highest BCUT2D eigenvalue weighted by Crippen LogP contribution is 2.10. The van der Waals surface area contributed by atoms with Crippen molar-refractivity contribution in [2.45, 2.75) is 161 Å². The fourth-order valence-corrected chi connectivity index (χ4v) is 6.67. The molecule has 0 bridgehead atoms. The van der Waals surface area contributed by atoms with E-state index in [1.165, 1.54) is 51.4 Å². The number of unbranched alkanes of at least 4 members (excludes halogenated alkanes) is 16. The van der Waals surface area contributed by atoms with Crippen LogP contribution in [0.2, 0.25) is 0 Å². The zero-order valence-electron chi connectivity index (χ0n) is 44.7. The Bertz CT molecular complexity index is 1240. The molecule has 71 heavy (non-hydrogen) atoms. The van der Waals surface area contributed by atoms with Crippen LogP contribution in [-0.4, -0.2) is 169 Å². The van der Waals surface area contributed by atoms with Crippen LogP contribution in [0, 0.1) is 0 Å². The number of rotatable bonds is 57. The van der Waals surface area contributed by atoms with Gasteiger partial charge in [0, 0.05) is 46.3 Å². The first-order valence-corrected chi connectivity index (χ1v) is 27.3. The number of nitrogens with one attached hydrogen (secondary N) is 2. The Morgan fingerprint density at radius 3 is 1.34 bits per heavy atom. The molecule has 0 aliphatic rings. The van der Waals surface area contributed by atoms with Crippen LogP contribution in [0.1, 0.15) is 155 Å². The Kier molecular flexibility index (Phi) is 55.4. The van der Waals surface area contributed by atoms with Gasteiger partial charge in [-0.1, -0.05) is 115 Å². The van der Waals surface area contributed by atoms with E-state index in [0.29, 0.717) is 112 Å². The fourth-order valence-electron chi connectivity index (χ4n) is 6.67. The van der Waals surface area contributed by atoms with E-state index in [0.717, 1.165) is 77.0 Å². The summed E-state index contributed by atoms with van der Waals surface area (Å²) in [5.74, 6) is -1.05. The van der Waals surface area contributed by atoms with Gasteiger partial charge in [-0.05, 0) is 51.4 Å². The van der Waals surface area contributed by atoms with Gasteiger partial charge in [0.15, 0.2) is 0 Å². The smallest absolute Gasteiger partial charge is 0.320 e. The van der Waals surface area contributed by atoms with Gasteiger partial charge < -0.3 is 62.7 Å². The minimum atomic E-state index is -0.421. The lowest BCUT2D eigenvalue weighted by atomic mass is 10.1. The molecule has 17 nitrogen and oxygen atoms in total. The Hall–Kier alpha value is -3.00. The second-order valence-electron chi connectivity index (χ2n) is 17.3. The van der Waals surface area contributed by atoms with Gasteiger partial charge in [0.05, 0.1) is 79.2 Å². The van der Waals surface area contributed by atoms with Crippen LogP contribution in [0.3, 0.4) is 0 Å². The van der Waals surface area contributed by atoms with Crippen molar-refractivity contribution in [2.24, 2.45) is 0 Å². The number of carbonyl (C=O) groups excluding carboxylic acids is 4. The van der Waals surface area contributed by atoms with Gasteiger partial charge in [0.2, 0.25) is 0 Å². The van der Waals surface area contributed by atoms with Crippen molar-refractivity contribution in [3.05, 3.63) is 24.3 Å². The van der Waals surface area contributed by atoms with Gasteiger partial charge in [-0.15, -0.1) is 0 Å². The van der Waals surface area contributed by atoms with Crippen molar-refractivity contribution >= 4 is 23.9 Å². The fraction of sp³-hybridized carbons (Fsp3) is 0.852. The summed E-state index contributed by atoms with van der Waals surface area (Å²) in [5.41, 5.74) is 0. The van der Waals surface area contributed by atoms with E-state index in [2.05, 4.69) is 36.6 Å². The molecule has 0 heterocycles. The normalized spacial score (nSPS) is 12.0. The van der Waals surface area contributed by atoms with Crippen LogP contribution in [0.4, 0.5) is 0 Å². The molecule has 0 spiro atoms. The lowest BCUT2D eigenvalue weighted by Crippen LogP contribution is -2.31. The van der Waals surface area contributed by atoms with Gasteiger partial charge in [0.1, 0.15) is 32.5 Å². The van der Waals surface area contributed by atoms with Gasteiger partial charge >= 0.3 is 23.9 Å². The van der Waals surface area contributed by atoms with Crippen LogP contribution in [0.25, 0.3) is 0 Å². The van der Waals surface area contributed by atoms with Gasteiger partial charge in [-0.2, -0.15) is 0 Å². The van der Waals surface area contributed by atoms with Crippen molar-refractivity contribution in [2.75, 3.05) is 139 Å². The Balaban J connectivity index is 4.16. The summed E-state index contributed by atoms with van der Waals surface area (Å²) in [5, 5.41) is 5.77. The molecule has 0 amide bonds. The van der Waals surface area contributed by atoms with E-state index >= 15 is 0 Å². The predicted octanol–water partition coefficient (Wildman–Crippen LogP) is 8.19. The minimum absolute atomic E-state index is 0.00503. The van der Waals surface area contributed by atoms with Crippen molar-refractivity contribution in [3.8, 4) is 0 Å². The first-order chi connectivity index (χ1) is 34.9. The molecule has 0 aromatic rings. The summed E-state index contributed by atoms with van der Waals surface area (Å²) in [6, 6.07) is 0. The molecule has 1 atom stereocenters. The second-order valence-corrected chi connectivity index (χ2v) is 17.3. The van der Waals surface area contributed by atoms with Crippen LogP contribution >= 0.6 is 0 Å². The summed E-state index contributed by atoms with van der Waals surface area (Å²) in [7, 11) is 1.59. The molecule has 0 saturated heterocycles. The standard InChI is InChI=1S/C54H100N2O15/c1-4-6-8-10-12-19-26-34-68-51(57)28-22-16-14-18-24-32-65-48-50(67-33-25-21-15-17-23-29-52(58)69-35-27-20-13-11-9-7-5-2)49-66-43-42-63-39-38-62-40-41-64-44-45-71-54(60)47-56-31-37-70-53(59)46-55-30-36-61-3/h19-20,26-27,50,55-56H,4-18,21-25,28-49H2,1-3H3/b26-19-,27-20-. The van der Waals surface area contributed by atoms with Gasteiger partial charge in [0.25, 0.3) is 0 Å². The number of allylic oxidation sites excluding steroid dienone is 2. The molecule has 0 aliphatic heterocycles. The first kappa shape index (κ1) is 68.0. The third-order valence-electron chi connectivity index (χ3n) is 10.8. The van der Waals surface area contributed by atoms with E-state index in [1.807, 2.05) is 12.2 Å². The monoisotopic (exact) mass is 1020 g/mol. The lowest BCUT2D eigenvalue weighted by Gasteiger charge is -2.18. The minimum Gasteiger partial charge on any atom is -0.463 e. The highest BCUT2D eigenvalue weighted by atomic mass is 16.6. The highest BCUT2D eigenvalue weighted by Gasteiger charge is 2.11. The van der Waals surface area contributed by atoms with E-state index in [1.54, 1.807) is 7.11 Å². The SMILES string of the molecule is CCCCCC/C=C\COC(=O)CCCCCCCOCC(COCCOCCOCCOCCOC(=O)CNCCOC(=O)CNCCOC)OCCCCCCCC(=O)OC/C=C\CCCCCC. The lowest BCUT2D eigenvalue weighted by molar-refractivity contribution is -0.145. The van der Waals surface area contributed by atoms with Crippen molar-refractivity contribution in [3.63, 3.8) is 0 Å². The van der Waals surface area contributed by atoms with Gasteiger partial charge in [-0.3, -0.25) is 19.2 Å². The summed E-state index contributed by atoms with van der Waals surface area (Å²) < 4.78 is 60.5. The van der Waals surface area contributed by atoms with Gasteiger partial charge in [-0.25, -0.2) is 0 Å². The summed E-state index contributed by atoms with van der Waals surface area (Å²) >= 11 is 0. The molecule has 0 radical (unpaired) electrons. The molecule has 17 heteroatoms. The summed E-state index contributed by atoms with van der Waals surface area (Å²) in [6.07, 6.45) is 30.5. The maximum absolute atomic E-state index is 12.1. The number of hydrogen-bond donors (Lipinski definition) is 2. The van der Waals surface area contributed by atoms with E-state index in [4.69, 9.17) is 52.1 Å². The van der Waals surface area contributed by atoms with Crippen LogP contribution < -0.4 is 10.6 Å². The highest BCUT2D eigenvalue weighted by molar-refractivity contribution is 5.72. The Labute approximate surface area is 429 Å². The average molecular weight is 1020 g/mol. The van der Waals surface area contributed by atoms with E-state index in [-0.39, 0.29) is 56.9 Å². The van der Waals surface area contributed by atoms with Crippen LogP contribution in [0.15, 0.2) is 24.3 Å². The first-order valence-electron chi connectivity index (χ1n) is 27.3. The number of methoxy groups -OCH3 is 1. The molecular formula is C54H100N2O15. The maximum atomic E-state index is 12.1. The zero-order chi connectivity index (χ0) is 51.6. The number of ether oxygens (including phenoxy) is 11. The Morgan fingerprint density at radius 1 is 0.394 bits per heavy atom. The van der Waals surface area contributed by atoms with E-state index < -0.39 is 5.97 Å². The second kappa shape index (κ2) is 57.9. The largest absolute Gasteiger partial charge is 0.463 e. The third-order valence-corrected chi connectivity index (χ3v) is 10.8.